The average Bonchev–Trinajstić information content (AvgIpc) is 3.17. The normalized spacial score (nSPS) is 22.1. The van der Waals surface area contributed by atoms with Crippen molar-refractivity contribution >= 4 is 24.1 Å². The summed E-state index contributed by atoms with van der Waals surface area (Å²) in [6.45, 7) is 8.96. The maximum Gasteiger partial charge on any atom is 0.407 e. The number of alkyl carbamates (subject to hydrolysis) is 2. The van der Waals surface area contributed by atoms with Crippen molar-refractivity contribution in [3.05, 3.63) is 25.3 Å². The third kappa shape index (κ3) is 11.6. The van der Waals surface area contributed by atoms with Crippen LogP contribution in [0.25, 0.3) is 0 Å². The van der Waals surface area contributed by atoms with Crippen LogP contribution in [-0.2, 0) is 28.5 Å². The smallest absolute Gasteiger partial charge is 0.407 e. The summed E-state index contributed by atoms with van der Waals surface area (Å²) in [4.78, 5) is 45.8. The number of amides is 2. The standard InChI is InChI=1S/C26H40N2O8/c1-3-23(29)33-9-5-7-11-35-25(31)27-17-20-13-19-14-21(16-20)22(15-19)18-28-26(32)36-12-8-6-10-34-24(30)4-2/h3-4,19-22H,1-2,5-18H2,(H,27,31)(H,28,32). The van der Waals surface area contributed by atoms with Gasteiger partial charge in [0.15, 0.2) is 0 Å². The van der Waals surface area contributed by atoms with E-state index in [1.807, 2.05) is 0 Å². The first-order valence-corrected chi connectivity index (χ1v) is 12.8. The van der Waals surface area contributed by atoms with Crippen molar-refractivity contribution in [1.29, 1.82) is 0 Å². The molecule has 10 nitrogen and oxygen atoms in total. The molecule has 2 aliphatic rings. The Kier molecular flexibility index (Phi) is 13.5. The topological polar surface area (TPSA) is 129 Å². The van der Waals surface area contributed by atoms with Gasteiger partial charge >= 0.3 is 24.1 Å². The minimum absolute atomic E-state index is 0.278. The third-order valence-corrected chi connectivity index (χ3v) is 6.65. The predicted octanol–water partition coefficient (Wildman–Crippen LogP) is 3.51. The molecular weight excluding hydrogens is 468 g/mol. The fraction of sp³-hybridized carbons (Fsp3) is 0.692. The second kappa shape index (κ2) is 16.6. The van der Waals surface area contributed by atoms with E-state index >= 15 is 0 Å². The molecule has 2 amide bonds. The van der Waals surface area contributed by atoms with E-state index in [1.165, 1.54) is 6.42 Å². The van der Waals surface area contributed by atoms with E-state index in [1.54, 1.807) is 0 Å². The molecule has 2 N–H and O–H groups in total. The van der Waals surface area contributed by atoms with Gasteiger partial charge in [0.25, 0.3) is 0 Å². The minimum atomic E-state index is -0.453. The molecule has 2 rings (SSSR count). The number of nitrogens with one attached hydrogen (secondary N) is 2. The zero-order valence-electron chi connectivity index (χ0n) is 21.0. The third-order valence-electron chi connectivity index (χ3n) is 6.65. The molecule has 0 aromatic heterocycles. The van der Waals surface area contributed by atoms with Crippen LogP contribution in [0.3, 0.4) is 0 Å². The van der Waals surface area contributed by atoms with Gasteiger partial charge in [-0.25, -0.2) is 19.2 Å². The maximum atomic E-state index is 12.0. The average molecular weight is 509 g/mol. The molecule has 4 unspecified atom stereocenters. The summed E-state index contributed by atoms with van der Waals surface area (Å²) >= 11 is 0. The molecule has 0 aromatic rings. The van der Waals surface area contributed by atoms with Crippen LogP contribution in [0.1, 0.15) is 51.4 Å². The van der Waals surface area contributed by atoms with Gasteiger partial charge in [0, 0.05) is 25.2 Å². The predicted molar refractivity (Wildman–Crippen MR) is 132 cm³/mol. The van der Waals surface area contributed by atoms with Crippen LogP contribution in [-0.4, -0.2) is 63.6 Å². The van der Waals surface area contributed by atoms with Gasteiger partial charge in [-0.05, 0) is 75.0 Å². The summed E-state index contributed by atoms with van der Waals surface area (Å²) in [6, 6.07) is 0. The lowest BCUT2D eigenvalue weighted by atomic mass is 9.79. The van der Waals surface area contributed by atoms with E-state index in [2.05, 4.69) is 23.8 Å². The monoisotopic (exact) mass is 508 g/mol. The lowest BCUT2D eigenvalue weighted by molar-refractivity contribution is -0.138. The quantitative estimate of drug-likeness (QED) is 0.140. The Balaban J connectivity index is 1.52. The molecule has 4 atom stereocenters. The number of unbranched alkanes of at least 4 members (excludes halogenated alkanes) is 2. The summed E-state index contributed by atoms with van der Waals surface area (Å²) in [6.07, 6.45) is 8.22. The summed E-state index contributed by atoms with van der Waals surface area (Å²) in [5.41, 5.74) is 0. The number of ether oxygens (including phenoxy) is 4. The molecular formula is C26H40N2O8. The first-order valence-electron chi connectivity index (χ1n) is 12.8. The molecule has 36 heavy (non-hydrogen) atoms. The van der Waals surface area contributed by atoms with Crippen LogP contribution in [0, 0.1) is 23.7 Å². The Morgan fingerprint density at radius 3 is 1.69 bits per heavy atom. The van der Waals surface area contributed by atoms with Crippen LogP contribution in [0.4, 0.5) is 9.59 Å². The van der Waals surface area contributed by atoms with Crippen molar-refractivity contribution in [2.45, 2.75) is 51.4 Å². The summed E-state index contributed by atoms with van der Waals surface area (Å²) in [5.74, 6) is 1.08. The molecule has 0 heterocycles. The second-order valence-corrected chi connectivity index (χ2v) is 9.39. The Morgan fingerprint density at radius 1 is 0.667 bits per heavy atom. The summed E-state index contributed by atoms with van der Waals surface area (Å²) in [5, 5.41) is 5.76. The van der Waals surface area contributed by atoms with Crippen LogP contribution in [0.15, 0.2) is 25.3 Å². The molecule has 2 bridgehead atoms. The van der Waals surface area contributed by atoms with Gasteiger partial charge in [-0.1, -0.05) is 13.2 Å². The molecule has 0 aliphatic heterocycles. The van der Waals surface area contributed by atoms with Gasteiger partial charge in [-0.2, -0.15) is 0 Å². The first-order chi connectivity index (χ1) is 17.4. The molecule has 202 valence electrons. The van der Waals surface area contributed by atoms with Crippen LogP contribution in [0.2, 0.25) is 0 Å². The van der Waals surface area contributed by atoms with Crippen molar-refractivity contribution < 1.29 is 38.1 Å². The molecule has 2 saturated carbocycles. The maximum absolute atomic E-state index is 12.0. The second-order valence-electron chi connectivity index (χ2n) is 9.39. The Bertz CT molecular complexity index is 754. The molecule has 2 aliphatic carbocycles. The molecule has 0 saturated heterocycles. The Hall–Kier alpha value is -3.04. The zero-order valence-corrected chi connectivity index (χ0v) is 21.0. The lowest BCUT2D eigenvalue weighted by Crippen LogP contribution is -2.34. The van der Waals surface area contributed by atoms with Gasteiger partial charge in [0.2, 0.25) is 0 Å². The van der Waals surface area contributed by atoms with E-state index < -0.39 is 24.1 Å². The van der Waals surface area contributed by atoms with Crippen molar-refractivity contribution in [1.82, 2.24) is 10.6 Å². The van der Waals surface area contributed by atoms with E-state index in [0.717, 1.165) is 31.4 Å². The number of rotatable bonds is 16. The van der Waals surface area contributed by atoms with Gasteiger partial charge in [0.1, 0.15) is 0 Å². The van der Waals surface area contributed by atoms with Crippen molar-refractivity contribution in [3.63, 3.8) is 0 Å². The van der Waals surface area contributed by atoms with E-state index in [-0.39, 0.29) is 26.4 Å². The van der Waals surface area contributed by atoms with E-state index in [4.69, 9.17) is 18.9 Å². The number of hydrogen-bond donors (Lipinski definition) is 2. The van der Waals surface area contributed by atoms with E-state index in [0.29, 0.717) is 62.4 Å². The highest BCUT2D eigenvalue weighted by Gasteiger charge is 2.40. The highest BCUT2D eigenvalue weighted by molar-refractivity contribution is 5.81. The van der Waals surface area contributed by atoms with Crippen LogP contribution < -0.4 is 10.6 Å². The summed E-state index contributed by atoms with van der Waals surface area (Å²) < 4.78 is 20.1. The van der Waals surface area contributed by atoms with Crippen LogP contribution in [0.5, 0.6) is 0 Å². The molecule has 0 spiro atoms. The Labute approximate surface area is 213 Å². The van der Waals surface area contributed by atoms with Gasteiger partial charge in [-0.15, -0.1) is 0 Å². The molecule has 10 heteroatoms. The number of hydrogen-bond acceptors (Lipinski definition) is 8. The van der Waals surface area contributed by atoms with Crippen molar-refractivity contribution in [3.8, 4) is 0 Å². The highest BCUT2D eigenvalue weighted by Crippen LogP contribution is 2.47. The molecule has 0 aromatic carbocycles. The highest BCUT2D eigenvalue weighted by atomic mass is 16.6. The van der Waals surface area contributed by atoms with Crippen LogP contribution >= 0.6 is 0 Å². The fourth-order valence-corrected chi connectivity index (χ4v) is 4.98. The largest absolute Gasteiger partial charge is 0.463 e. The molecule has 2 fully saturated rings. The Morgan fingerprint density at radius 2 is 1.17 bits per heavy atom. The van der Waals surface area contributed by atoms with Crippen molar-refractivity contribution in [2.75, 3.05) is 39.5 Å². The lowest BCUT2D eigenvalue weighted by Gasteiger charge is -2.29. The minimum Gasteiger partial charge on any atom is -0.463 e. The summed E-state index contributed by atoms with van der Waals surface area (Å²) in [7, 11) is 0. The molecule has 0 radical (unpaired) electrons. The fourth-order valence-electron chi connectivity index (χ4n) is 4.98. The SMILES string of the molecule is C=CC(=O)OCCCCOC(=O)NCC1CC2CC(CNC(=O)OCCCCOC(=O)C=C)C(C1)C2. The van der Waals surface area contributed by atoms with Gasteiger partial charge in [0.05, 0.1) is 26.4 Å². The van der Waals surface area contributed by atoms with Gasteiger partial charge in [-0.3, -0.25) is 0 Å². The number of carbonyl (C=O) groups is 4. The number of carbonyl (C=O) groups excluding carboxylic acids is 4. The number of esters is 2. The van der Waals surface area contributed by atoms with Crippen molar-refractivity contribution in [2.24, 2.45) is 23.7 Å². The number of fused-ring (bicyclic) bond motifs is 2. The first kappa shape index (κ1) is 29.2. The van der Waals surface area contributed by atoms with Gasteiger partial charge < -0.3 is 29.6 Å². The van der Waals surface area contributed by atoms with E-state index in [9.17, 15) is 19.2 Å². The zero-order chi connectivity index (χ0) is 26.2.